The summed E-state index contributed by atoms with van der Waals surface area (Å²) in [7, 11) is 0. The van der Waals surface area contributed by atoms with E-state index in [9.17, 15) is 4.79 Å². The van der Waals surface area contributed by atoms with Gasteiger partial charge < -0.3 is 5.32 Å². The standard InChI is InChI=1S/C14H9Cl2N5O/c15-10-7-13(18-8-11(10)16)20-14(22)12-6-9(2-4-17-12)21-5-1-3-19-21/h1-8H,(H,18,20,22). The first kappa shape index (κ1) is 14.5. The van der Waals surface area contributed by atoms with Gasteiger partial charge in [-0.2, -0.15) is 5.10 Å². The highest BCUT2D eigenvalue weighted by Gasteiger charge is 2.11. The predicted octanol–water partition coefficient (Wildman–Crippen LogP) is 3.22. The highest BCUT2D eigenvalue weighted by molar-refractivity contribution is 6.42. The molecule has 3 aromatic rings. The van der Waals surface area contributed by atoms with Crippen molar-refractivity contribution in [3.63, 3.8) is 0 Å². The number of halogens is 2. The molecule has 0 atom stereocenters. The van der Waals surface area contributed by atoms with Gasteiger partial charge in [0.25, 0.3) is 5.91 Å². The second-order valence-electron chi connectivity index (χ2n) is 4.29. The molecule has 0 bridgehead atoms. The minimum atomic E-state index is -0.403. The predicted molar refractivity (Wildman–Crippen MR) is 83.6 cm³/mol. The van der Waals surface area contributed by atoms with Gasteiger partial charge in [0.2, 0.25) is 0 Å². The van der Waals surface area contributed by atoms with Crippen LogP contribution in [0.15, 0.2) is 49.1 Å². The lowest BCUT2D eigenvalue weighted by molar-refractivity contribution is 0.102. The van der Waals surface area contributed by atoms with Gasteiger partial charge in [-0.05, 0) is 18.2 Å². The molecule has 22 heavy (non-hydrogen) atoms. The number of hydrogen-bond donors (Lipinski definition) is 1. The van der Waals surface area contributed by atoms with E-state index in [1.54, 1.807) is 35.3 Å². The highest BCUT2D eigenvalue weighted by Crippen LogP contribution is 2.23. The summed E-state index contributed by atoms with van der Waals surface area (Å²) in [5.41, 5.74) is 0.966. The molecule has 6 nitrogen and oxygen atoms in total. The van der Waals surface area contributed by atoms with Gasteiger partial charge in [-0.15, -0.1) is 0 Å². The van der Waals surface area contributed by atoms with Crippen LogP contribution in [0, 0.1) is 0 Å². The zero-order valence-corrected chi connectivity index (χ0v) is 12.6. The molecule has 0 aliphatic heterocycles. The summed E-state index contributed by atoms with van der Waals surface area (Å²) in [6.07, 6.45) is 6.33. The SMILES string of the molecule is O=C(Nc1cc(Cl)c(Cl)cn1)c1cc(-n2cccn2)ccn1. The van der Waals surface area contributed by atoms with Crippen molar-refractivity contribution in [3.05, 3.63) is 64.8 Å². The Balaban J connectivity index is 1.83. The Hall–Kier alpha value is -2.44. The summed E-state index contributed by atoms with van der Waals surface area (Å²) in [4.78, 5) is 20.2. The summed E-state index contributed by atoms with van der Waals surface area (Å²) in [5.74, 6) is -0.106. The average Bonchev–Trinajstić information content (AvgIpc) is 3.05. The normalized spacial score (nSPS) is 10.5. The summed E-state index contributed by atoms with van der Waals surface area (Å²) < 4.78 is 1.63. The Kier molecular flexibility index (Phi) is 4.04. The number of nitrogens with zero attached hydrogens (tertiary/aromatic N) is 4. The third-order valence-electron chi connectivity index (χ3n) is 2.80. The summed E-state index contributed by atoms with van der Waals surface area (Å²) in [6.45, 7) is 0. The fourth-order valence-electron chi connectivity index (χ4n) is 1.77. The van der Waals surface area contributed by atoms with E-state index in [0.717, 1.165) is 5.69 Å². The Morgan fingerprint density at radius 3 is 2.73 bits per heavy atom. The maximum absolute atomic E-state index is 12.2. The average molecular weight is 334 g/mol. The smallest absolute Gasteiger partial charge is 0.275 e. The molecule has 0 aromatic carbocycles. The maximum Gasteiger partial charge on any atom is 0.275 e. The first-order valence-electron chi connectivity index (χ1n) is 6.22. The molecule has 1 N–H and O–H groups in total. The second kappa shape index (κ2) is 6.13. The van der Waals surface area contributed by atoms with E-state index < -0.39 is 5.91 Å². The first-order valence-corrected chi connectivity index (χ1v) is 6.97. The van der Waals surface area contributed by atoms with E-state index in [0.29, 0.717) is 15.9 Å². The quantitative estimate of drug-likeness (QED) is 0.798. The molecule has 0 fully saturated rings. The van der Waals surface area contributed by atoms with Gasteiger partial charge in [-0.25, -0.2) is 9.67 Å². The van der Waals surface area contributed by atoms with Gasteiger partial charge in [0, 0.05) is 30.9 Å². The van der Waals surface area contributed by atoms with Crippen molar-refractivity contribution in [1.82, 2.24) is 19.7 Å². The van der Waals surface area contributed by atoms with Crippen molar-refractivity contribution < 1.29 is 4.79 Å². The number of hydrogen-bond acceptors (Lipinski definition) is 4. The van der Waals surface area contributed by atoms with E-state index in [-0.39, 0.29) is 5.69 Å². The van der Waals surface area contributed by atoms with Crippen molar-refractivity contribution in [2.45, 2.75) is 0 Å². The lowest BCUT2D eigenvalue weighted by Gasteiger charge is -2.06. The molecular weight excluding hydrogens is 325 g/mol. The van der Waals surface area contributed by atoms with Gasteiger partial charge in [-0.1, -0.05) is 23.2 Å². The van der Waals surface area contributed by atoms with Crippen LogP contribution in [0.1, 0.15) is 10.5 Å². The van der Waals surface area contributed by atoms with Gasteiger partial charge in [0.1, 0.15) is 11.5 Å². The summed E-state index contributed by atoms with van der Waals surface area (Å²) in [6, 6.07) is 6.64. The van der Waals surface area contributed by atoms with E-state index in [2.05, 4.69) is 20.4 Å². The van der Waals surface area contributed by atoms with E-state index >= 15 is 0 Å². The van der Waals surface area contributed by atoms with E-state index in [1.807, 2.05) is 0 Å². The number of carbonyl (C=O) groups is 1. The van der Waals surface area contributed by atoms with Crippen LogP contribution in [0.2, 0.25) is 10.0 Å². The molecule has 0 aliphatic rings. The summed E-state index contributed by atoms with van der Waals surface area (Å²) in [5, 5.41) is 7.35. The highest BCUT2D eigenvalue weighted by atomic mass is 35.5. The van der Waals surface area contributed by atoms with E-state index in [4.69, 9.17) is 23.2 Å². The van der Waals surface area contributed by atoms with Crippen LogP contribution in [-0.4, -0.2) is 25.7 Å². The Morgan fingerprint density at radius 1 is 1.14 bits per heavy atom. The molecule has 0 saturated heterocycles. The van der Waals surface area contributed by atoms with Gasteiger partial charge >= 0.3 is 0 Å². The lowest BCUT2D eigenvalue weighted by Crippen LogP contribution is -2.15. The minimum Gasteiger partial charge on any atom is -0.305 e. The van der Waals surface area contributed by atoms with E-state index in [1.165, 1.54) is 18.5 Å². The molecule has 1 amide bonds. The van der Waals surface area contributed by atoms with Crippen molar-refractivity contribution >= 4 is 34.9 Å². The molecule has 3 rings (SSSR count). The first-order chi connectivity index (χ1) is 10.6. The lowest BCUT2D eigenvalue weighted by atomic mass is 10.3. The number of anilines is 1. The number of amides is 1. The molecule has 0 aliphatic carbocycles. The fraction of sp³-hybridized carbons (Fsp3) is 0. The van der Waals surface area contributed by atoms with Crippen molar-refractivity contribution in [3.8, 4) is 5.69 Å². The molecule has 0 unspecified atom stereocenters. The molecule has 3 aromatic heterocycles. The molecule has 8 heteroatoms. The fourth-order valence-corrected chi connectivity index (χ4v) is 2.03. The number of pyridine rings is 2. The van der Waals surface area contributed by atoms with Crippen molar-refractivity contribution in [2.75, 3.05) is 5.32 Å². The number of carbonyl (C=O) groups excluding carboxylic acids is 1. The van der Waals surface area contributed by atoms with Crippen LogP contribution in [-0.2, 0) is 0 Å². The molecule has 3 heterocycles. The third kappa shape index (κ3) is 3.08. The molecule has 110 valence electrons. The largest absolute Gasteiger partial charge is 0.305 e. The third-order valence-corrected chi connectivity index (χ3v) is 3.51. The second-order valence-corrected chi connectivity index (χ2v) is 5.10. The molecular formula is C14H9Cl2N5O. The van der Waals surface area contributed by atoms with Crippen LogP contribution < -0.4 is 5.32 Å². The Labute approximate surface area is 135 Å². The van der Waals surface area contributed by atoms with Gasteiger partial charge in [-0.3, -0.25) is 9.78 Å². The molecule has 0 saturated carbocycles. The zero-order valence-electron chi connectivity index (χ0n) is 11.1. The monoisotopic (exact) mass is 333 g/mol. The van der Waals surface area contributed by atoms with Crippen molar-refractivity contribution in [2.24, 2.45) is 0 Å². The maximum atomic E-state index is 12.2. The van der Waals surface area contributed by atoms with Crippen molar-refractivity contribution in [1.29, 1.82) is 0 Å². The topological polar surface area (TPSA) is 72.7 Å². The van der Waals surface area contributed by atoms with Crippen LogP contribution in [0.5, 0.6) is 0 Å². The number of nitrogens with one attached hydrogen (secondary N) is 1. The summed E-state index contributed by atoms with van der Waals surface area (Å²) >= 11 is 11.7. The molecule has 0 radical (unpaired) electrons. The Bertz CT molecular complexity index is 820. The van der Waals surface area contributed by atoms with Crippen LogP contribution in [0.25, 0.3) is 5.69 Å². The number of aromatic nitrogens is 4. The molecule has 0 spiro atoms. The van der Waals surface area contributed by atoms with Gasteiger partial charge in [0.15, 0.2) is 0 Å². The van der Waals surface area contributed by atoms with Crippen LogP contribution in [0.4, 0.5) is 5.82 Å². The Morgan fingerprint density at radius 2 is 2.00 bits per heavy atom. The van der Waals surface area contributed by atoms with Crippen LogP contribution in [0.3, 0.4) is 0 Å². The zero-order chi connectivity index (χ0) is 15.5. The van der Waals surface area contributed by atoms with Gasteiger partial charge in [0.05, 0.1) is 15.7 Å². The van der Waals surface area contributed by atoms with Crippen LogP contribution >= 0.6 is 23.2 Å². The minimum absolute atomic E-state index is 0.237. The number of rotatable bonds is 3.